The molecule has 0 N–H and O–H groups in total. The Labute approximate surface area is 176 Å². The van der Waals surface area contributed by atoms with E-state index < -0.39 is 0 Å². The topological polar surface area (TPSA) is 38.8 Å². The summed E-state index contributed by atoms with van der Waals surface area (Å²) in [4.78, 5) is 13.4. The van der Waals surface area contributed by atoms with Gasteiger partial charge in [-0.3, -0.25) is 9.69 Å². The second-order valence-corrected chi connectivity index (χ2v) is 7.84. The van der Waals surface area contributed by atoms with E-state index in [1.165, 1.54) is 12.8 Å². The van der Waals surface area contributed by atoms with Gasteiger partial charge in [-0.15, -0.1) is 0 Å². The molecule has 2 aromatic rings. The molecule has 150 valence electrons. The third-order valence-electron chi connectivity index (χ3n) is 4.88. The molecule has 1 fully saturated rings. The highest BCUT2D eigenvalue weighted by molar-refractivity contribution is 6.63. The lowest BCUT2D eigenvalue weighted by Gasteiger charge is -2.35. The van der Waals surface area contributed by atoms with Gasteiger partial charge in [-0.25, -0.2) is 0 Å². The number of benzene rings is 2. The van der Waals surface area contributed by atoms with Gasteiger partial charge in [0.1, 0.15) is 23.9 Å². The quantitative estimate of drug-likeness (QED) is 0.471. The van der Waals surface area contributed by atoms with Gasteiger partial charge in [-0.05, 0) is 92.5 Å². The molecule has 0 spiro atoms. The van der Waals surface area contributed by atoms with Crippen molar-refractivity contribution in [3.05, 3.63) is 53.6 Å². The predicted octanol–water partition coefficient (Wildman–Crippen LogP) is 5.91. The van der Waals surface area contributed by atoms with Gasteiger partial charge in [-0.2, -0.15) is 0 Å². The highest BCUT2D eigenvalue weighted by Gasteiger charge is 2.22. The summed E-state index contributed by atoms with van der Waals surface area (Å²) in [6, 6.07) is 15.3. The van der Waals surface area contributed by atoms with Crippen LogP contribution in [0.15, 0.2) is 48.5 Å². The van der Waals surface area contributed by atoms with Crippen LogP contribution in [-0.2, 0) is 4.79 Å². The highest BCUT2D eigenvalue weighted by atomic mass is 35.5. The molecule has 1 aliphatic heterocycles. The van der Waals surface area contributed by atoms with Gasteiger partial charge >= 0.3 is 0 Å². The maximum absolute atomic E-state index is 10.9. The van der Waals surface area contributed by atoms with E-state index in [0.29, 0.717) is 24.1 Å². The van der Waals surface area contributed by atoms with Gasteiger partial charge in [-0.1, -0.05) is 18.0 Å². The number of carbonyl (C=O) groups excluding carboxylic acids is 1. The Morgan fingerprint density at radius 2 is 1.64 bits per heavy atom. The lowest BCUT2D eigenvalue weighted by Crippen LogP contribution is -2.43. The van der Waals surface area contributed by atoms with Crippen LogP contribution in [0.4, 0.5) is 0 Å². The average molecular weight is 422 g/mol. The molecular formula is C22H25Cl2NO3. The van der Waals surface area contributed by atoms with Crippen molar-refractivity contribution >= 4 is 28.4 Å². The molecule has 0 unspecified atom stereocenters. The predicted molar refractivity (Wildman–Crippen MR) is 113 cm³/mol. The van der Waals surface area contributed by atoms with Crippen molar-refractivity contribution in [2.75, 3.05) is 19.7 Å². The highest BCUT2D eigenvalue weighted by Crippen LogP contribution is 2.26. The van der Waals surface area contributed by atoms with E-state index in [2.05, 4.69) is 4.90 Å². The summed E-state index contributed by atoms with van der Waals surface area (Å²) < 4.78 is 11.8. The zero-order valence-electron chi connectivity index (χ0n) is 15.8. The first-order valence-electron chi connectivity index (χ1n) is 9.69. The van der Waals surface area contributed by atoms with Crippen molar-refractivity contribution in [2.45, 2.75) is 38.1 Å². The fraction of sp³-hybridized carbons (Fsp3) is 0.409. The molecule has 0 radical (unpaired) electrons. The molecule has 1 heterocycles. The molecule has 1 atom stereocenters. The zero-order chi connectivity index (χ0) is 19.8. The van der Waals surface area contributed by atoms with Crippen molar-refractivity contribution in [3.8, 4) is 17.2 Å². The summed E-state index contributed by atoms with van der Waals surface area (Å²) in [5, 5.41) is 0.424. The molecule has 2 aromatic carbocycles. The minimum atomic E-state index is -0.259. The second kappa shape index (κ2) is 10.7. The molecule has 28 heavy (non-hydrogen) atoms. The Kier molecular flexibility index (Phi) is 8.01. The van der Waals surface area contributed by atoms with E-state index in [4.69, 9.17) is 32.7 Å². The third kappa shape index (κ3) is 6.69. The molecule has 0 aromatic heterocycles. The van der Waals surface area contributed by atoms with E-state index in [0.717, 1.165) is 43.2 Å². The van der Waals surface area contributed by atoms with Crippen LogP contribution in [0.3, 0.4) is 0 Å². The summed E-state index contributed by atoms with van der Waals surface area (Å²) in [6.07, 6.45) is 4.76. The van der Waals surface area contributed by atoms with Crippen LogP contribution in [0.25, 0.3) is 0 Å². The maximum atomic E-state index is 10.9. The van der Waals surface area contributed by atoms with E-state index in [9.17, 15) is 4.79 Å². The SMILES string of the molecule is O=C(Cl)CCCN1CCCC[C@H]1COc1ccc(Oc2ccc(Cl)cc2)cc1. The van der Waals surface area contributed by atoms with E-state index in [1.807, 2.05) is 36.4 Å². The van der Waals surface area contributed by atoms with Crippen molar-refractivity contribution < 1.29 is 14.3 Å². The zero-order valence-corrected chi connectivity index (χ0v) is 17.3. The molecular weight excluding hydrogens is 397 g/mol. The van der Waals surface area contributed by atoms with Crippen molar-refractivity contribution in [1.82, 2.24) is 4.90 Å². The van der Waals surface area contributed by atoms with Crippen LogP contribution >= 0.6 is 23.2 Å². The Balaban J connectivity index is 1.48. The molecule has 0 saturated carbocycles. The Morgan fingerprint density at radius 3 is 2.32 bits per heavy atom. The van der Waals surface area contributed by atoms with E-state index >= 15 is 0 Å². The van der Waals surface area contributed by atoms with Crippen molar-refractivity contribution in [1.29, 1.82) is 0 Å². The lowest BCUT2D eigenvalue weighted by molar-refractivity contribution is -0.111. The van der Waals surface area contributed by atoms with Crippen LogP contribution < -0.4 is 9.47 Å². The number of ether oxygens (including phenoxy) is 2. The Morgan fingerprint density at radius 1 is 1.00 bits per heavy atom. The molecule has 0 amide bonds. The lowest BCUT2D eigenvalue weighted by atomic mass is 10.0. The number of nitrogens with zero attached hydrogens (tertiary/aromatic N) is 1. The molecule has 6 heteroatoms. The minimum Gasteiger partial charge on any atom is -0.492 e. The van der Waals surface area contributed by atoms with E-state index in [-0.39, 0.29) is 5.24 Å². The fourth-order valence-corrected chi connectivity index (χ4v) is 3.66. The smallest absolute Gasteiger partial charge is 0.221 e. The normalized spacial score (nSPS) is 17.3. The van der Waals surface area contributed by atoms with Gasteiger partial charge in [0.25, 0.3) is 0 Å². The van der Waals surface area contributed by atoms with Crippen LogP contribution in [0, 0.1) is 0 Å². The first-order valence-corrected chi connectivity index (χ1v) is 10.4. The number of piperidine rings is 1. The number of hydrogen-bond donors (Lipinski definition) is 0. The number of halogens is 2. The van der Waals surface area contributed by atoms with Gasteiger partial charge in [0.05, 0.1) is 0 Å². The number of rotatable bonds is 9. The van der Waals surface area contributed by atoms with Crippen LogP contribution in [-0.4, -0.2) is 35.9 Å². The Bertz CT molecular complexity index is 749. The second-order valence-electron chi connectivity index (χ2n) is 6.98. The minimum absolute atomic E-state index is 0.259. The van der Waals surface area contributed by atoms with Crippen LogP contribution in [0.2, 0.25) is 5.02 Å². The maximum Gasteiger partial charge on any atom is 0.221 e. The van der Waals surface area contributed by atoms with Gasteiger partial charge in [0.2, 0.25) is 5.24 Å². The standard InChI is InChI=1S/C22H25Cl2NO3/c23-17-6-8-20(9-7-17)28-21-12-10-19(11-13-21)27-16-18-4-1-2-14-25(18)15-3-5-22(24)26/h6-13,18H,1-5,14-16H2/t18-/m0/s1. The fourth-order valence-electron chi connectivity index (χ4n) is 3.40. The Hall–Kier alpha value is -1.75. The molecule has 1 aliphatic rings. The van der Waals surface area contributed by atoms with Crippen molar-refractivity contribution in [2.24, 2.45) is 0 Å². The number of hydrogen-bond acceptors (Lipinski definition) is 4. The summed E-state index contributed by atoms with van der Waals surface area (Å²) in [6.45, 7) is 2.59. The largest absolute Gasteiger partial charge is 0.492 e. The number of likely N-dealkylation sites (tertiary alicyclic amines) is 1. The summed E-state index contributed by atoms with van der Waals surface area (Å²) in [7, 11) is 0. The first-order chi connectivity index (χ1) is 13.6. The molecule has 0 aliphatic carbocycles. The van der Waals surface area contributed by atoms with Crippen LogP contribution in [0.5, 0.6) is 17.2 Å². The average Bonchev–Trinajstić information content (AvgIpc) is 2.70. The van der Waals surface area contributed by atoms with Crippen molar-refractivity contribution in [3.63, 3.8) is 0 Å². The van der Waals surface area contributed by atoms with Gasteiger partial charge < -0.3 is 9.47 Å². The summed E-state index contributed by atoms with van der Waals surface area (Å²) >= 11 is 11.3. The van der Waals surface area contributed by atoms with Gasteiger partial charge in [0.15, 0.2) is 0 Å². The monoisotopic (exact) mass is 421 g/mol. The van der Waals surface area contributed by atoms with Gasteiger partial charge in [0, 0.05) is 17.5 Å². The first kappa shape index (κ1) is 21.0. The third-order valence-corrected chi connectivity index (χ3v) is 5.32. The molecule has 0 bridgehead atoms. The molecule has 4 nitrogen and oxygen atoms in total. The summed E-state index contributed by atoms with van der Waals surface area (Å²) in [5.41, 5.74) is 0. The number of carbonyl (C=O) groups is 1. The molecule has 1 saturated heterocycles. The summed E-state index contributed by atoms with van der Waals surface area (Å²) in [5.74, 6) is 2.32. The van der Waals surface area contributed by atoms with E-state index in [1.54, 1.807) is 12.1 Å². The molecule has 3 rings (SSSR count). The van der Waals surface area contributed by atoms with Crippen LogP contribution in [0.1, 0.15) is 32.1 Å².